The molecule has 4 nitrogen and oxygen atoms in total. The van der Waals surface area contributed by atoms with Gasteiger partial charge in [0.25, 0.3) is 0 Å². The van der Waals surface area contributed by atoms with Crippen molar-refractivity contribution in [1.82, 2.24) is 9.61 Å². The number of fused-ring (bicyclic) bond motifs is 1. The van der Waals surface area contributed by atoms with Crippen molar-refractivity contribution < 1.29 is 13.2 Å². The zero-order valence-electron chi connectivity index (χ0n) is 15.4. The van der Waals surface area contributed by atoms with E-state index in [0.717, 1.165) is 23.3 Å². The van der Waals surface area contributed by atoms with E-state index in [9.17, 15) is 18.0 Å². The van der Waals surface area contributed by atoms with Crippen molar-refractivity contribution in [3.63, 3.8) is 0 Å². The molecule has 2 heterocycles. The molecule has 4 rings (SSSR count). The van der Waals surface area contributed by atoms with Crippen molar-refractivity contribution in [3.8, 4) is 11.1 Å². The van der Waals surface area contributed by atoms with Crippen LogP contribution in [0.1, 0.15) is 11.1 Å². The highest BCUT2D eigenvalue weighted by molar-refractivity contribution is 5.80. The molecule has 0 amide bonds. The molecule has 7 heteroatoms. The van der Waals surface area contributed by atoms with Crippen LogP contribution in [0.4, 0.5) is 19.0 Å². The Morgan fingerprint density at radius 1 is 0.966 bits per heavy atom. The van der Waals surface area contributed by atoms with E-state index in [4.69, 9.17) is 0 Å². The van der Waals surface area contributed by atoms with Gasteiger partial charge in [-0.2, -0.15) is 5.10 Å². The van der Waals surface area contributed by atoms with Crippen molar-refractivity contribution in [2.45, 2.75) is 13.5 Å². The molecule has 0 aliphatic rings. The predicted octanol–water partition coefficient (Wildman–Crippen LogP) is 4.70. The number of pyridine rings is 1. The molecule has 0 bridgehead atoms. The van der Waals surface area contributed by atoms with Crippen LogP contribution in [0, 0.1) is 24.4 Å². The second-order valence-corrected chi connectivity index (χ2v) is 6.62. The third kappa shape index (κ3) is 3.59. The van der Waals surface area contributed by atoms with Crippen LogP contribution >= 0.6 is 0 Å². The fraction of sp³-hybridized carbons (Fsp3) is 0.0909. The third-order valence-electron chi connectivity index (χ3n) is 4.71. The number of rotatable bonds is 4. The van der Waals surface area contributed by atoms with E-state index in [1.807, 2.05) is 6.92 Å². The van der Waals surface area contributed by atoms with Gasteiger partial charge in [0.1, 0.15) is 23.3 Å². The largest absolute Gasteiger partial charge is 0.365 e. The van der Waals surface area contributed by atoms with Gasteiger partial charge in [0, 0.05) is 18.8 Å². The normalized spacial score (nSPS) is 11.0. The van der Waals surface area contributed by atoms with Crippen LogP contribution in [0.2, 0.25) is 0 Å². The van der Waals surface area contributed by atoms with Crippen LogP contribution in [0.25, 0.3) is 16.6 Å². The first kappa shape index (κ1) is 18.7. The van der Waals surface area contributed by atoms with E-state index < -0.39 is 17.1 Å². The lowest BCUT2D eigenvalue weighted by Gasteiger charge is -2.12. The van der Waals surface area contributed by atoms with Crippen LogP contribution < -0.4 is 10.7 Å². The summed E-state index contributed by atoms with van der Waals surface area (Å²) in [5.74, 6) is -1.44. The van der Waals surface area contributed by atoms with Crippen molar-refractivity contribution in [2.75, 3.05) is 5.32 Å². The summed E-state index contributed by atoms with van der Waals surface area (Å²) in [5.41, 5.74) is 1.03. The van der Waals surface area contributed by atoms with Gasteiger partial charge in [0.15, 0.2) is 5.43 Å². The summed E-state index contributed by atoms with van der Waals surface area (Å²) in [6.07, 6.45) is 1.44. The van der Waals surface area contributed by atoms with Crippen LogP contribution in [0.3, 0.4) is 0 Å². The fourth-order valence-electron chi connectivity index (χ4n) is 3.22. The molecule has 0 aliphatic heterocycles. The molecule has 0 saturated carbocycles. The van der Waals surface area contributed by atoms with E-state index in [1.54, 1.807) is 18.2 Å². The zero-order valence-corrected chi connectivity index (χ0v) is 15.4. The molecule has 0 unspecified atom stereocenters. The molecule has 0 fully saturated rings. The van der Waals surface area contributed by atoms with E-state index >= 15 is 0 Å². The van der Waals surface area contributed by atoms with Gasteiger partial charge in [-0.15, -0.1) is 0 Å². The monoisotopic (exact) mass is 395 g/mol. The Labute approximate surface area is 164 Å². The molecule has 4 aromatic rings. The van der Waals surface area contributed by atoms with Crippen LogP contribution in [0.5, 0.6) is 0 Å². The average Bonchev–Trinajstić information content (AvgIpc) is 2.68. The smallest absolute Gasteiger partial charge is 0.190 e. The first-order valence-electron chi connectivity index (χ1n) is 8.90. The summed E-state index contributed by atoms with van der Waals surface area (Å²) >= 11 is 0. The predicted molar refractivity (Wildman–Crippen MR) is 105 cm³/mol. The van der Waals surface area contributed by atoms with Gasteiger partial charge in [0.2, 0.25) is 0 Å². The molecular formula is C22H16F3N3O. The summed E-state index contributed by atoms with van der Waals surface area (Å²) in [7, 11) is 0. The number of anilines is 1. The number of hydrogen-bond donors (Lipinski definition) is 1. The standard InChI is InChI=1S/C22H16F3N3O/c1-13-11-15(23)6-5-14(13)12-26-20-8-7-18-22(19(29)9-10-28(18)27-20)21-16(24)3-2-4-17(21)25/h2-11H,12H2,1H3,(H,26,27). The van der Waals surface area contributed by atoms with Gasteiger partial charge in [-0.1, -0.05) is 12.1 Å². The van der Waals surface area contributed by atoms with Gasteiger partial charge in [0.05, 0.1) is 16.6 Å². The summed E-state index contributed by atoms with van der Waals surface area (Å²) in [5, 5.41) is 7.50. The molecular weight excluding hydrogens is 379 g/mol. The maximum absolute atomic E-state index is 14.3. The summed E-state index contributed by atoms with van der Waals surface area (Å²) in [6.45, 7) is 2.23. The van der Waals surface area contributed by atoms with Crippen molar-refractivity contribution >= 4 is 11.3 Å². The second kappa shape index (κ2) is 7.43. The van der Waals surface area contributed by atoms with Crippen molar-refractivity contribution in [1.29, 1.82) is 0 Å². The lowest BCUT2D eigenvalue weighted by molar-refractivity contribution is 0.589. The fourth-order valence-corrected chi connectivity index (χ4v) is 3.22. The molecule has 2 aromatic heterocycles. The molecule has 0 spiro atoms. The first-order chi connectivity index (χ1) is 13.9. The number of nitrogens with zero attached hydrogens (tertiary/aromatic N) is 2. The van der Waals surface area contributed by atoms with E-state index in [0.29, 0.717) is 12.4 Å². The number of halogens is 3. The second-order valence-electron chi connectivity index (χ2n) is 6.62. The van der Waals surface area contributed by atoms with Gasteiger partial charge in [-0.3, -0.25) is 4.79 Å². The SMILES string of the molecule is Cc1cc(F)ccc1CNc1ccc2c(-c3c(F)cccc3F)c(=O)ccn2n1. The van der Waals surface area contributed by atoms with Gasteiger partial charge in [-0.05, 0) is 54.4 Å². The minimum atomic E-state index is -0.816. The maximum atomic E-state index is 14.3. The average molecular weight is 395 g/mol. The molecule has 0 aliphatic carbocycles. The molecule has 0 saturated heterocycles. The van der Waals surface area contributed by atoms with Crippen molar-refractivity contribution in [3.05, 3.63) is 99.6 Å². The topological polar surface area (TPSA) is 46.4 Å². The van der Waals surface area contributed by atoms with Gasteiger partial charge < -0.3 is 5.32 Å². The Balaban J connectivity index is 1.73. The minimum absolute atomic E-state index is 0.0865. The maximum Gasteiger partial charge on any atom is 0.190 e. The summed E-state index contributed by atoms with van der Waals surface area (Å²) in [4.78, 5) is 12.4. The Kier molecular flexibility index (Phi) is 4.80. The Morgan fingerprint density at radius 3 is 2.45 bits per heavy atom. The molecule has 2 aromatic carbocycles. The number of hydrogen-bond acceptors (Lipinski definition) is 3. The highest BCUT2D eigenvalue weighted by Gasteiger charge is 2.17. The quantitative estimate of drug-likeness (QED) is 0.545. The van der Waals surface area contributed by atoms with Crippen LogP contribution in [-0.4, -0.2) is 9.61 Å². The Morgan fingerprint density at radius 2 is 1.72 bits per heavy atom. The number of benzene rings is 2. The van der Waals surface area contributed by atoms with Crippen LogP contribution in [-0.2, 0) is 6.54 Å². The van der Waals surface area contributed by atoms with Crippen molar-refractivity contribution in [2.24, 2.45) is 0 Å². The van der Waals surface area contributed by atoms with Gasteiger partial charge in [-0.25, -0.2) is 17.7 Å². The molecule has 146 valence electrons. The minimum Gasteiger partial charge on any atom is -0.365 e. The third-order valence-corrected chi connectivity index (χ3v) is 4.71. The molecule has 0 atom stereocenters. The highest BCUT2D eigenvalue weighted by atomic mass is 19.1. The molecule has 29 heavy (non-hydrogen) atoms. The summed E-state index contributed by atoms with van der Waals surface area (Å²) in [6, 6.07) is 12.4. The first-order valence-corrected chi connectivity index (χ1v) is 8.90. The van der Waals surface area contributed by atoms with Crippen LogP contribution in [0.15, 0.2) is 65.6 Å². The Hall–Kier alpha value is -3.61. The van der Waals surface area contributed by atoms with E-state index in [2.05, 4.69) is 10.4 Å². The number of aromatic nitrogens is 2. The van der Waals surface area contributed by atoms with Gasteiger partial charge >= 0.3 is 0 Å². The lowest BCUT2D eigenvalue weighted by atomic mass is 10.0. The van der Waals surface area contributed by atoms with E-state index in [-0.39, 0.29) is 22.5 Å². The lowest BCUT2D eigenvalue weighted by Crippen LogP contribution is -2.12. The van der Waals surface area contributed by atoms with E-state index in [1.165, 1.54) is 35.0 Å². The highest BCUT2D eigenvalue weighted by Crippen LogP contribution is 2.27. The Bertz CT molecular complexity index is 1260. The number of aryl methyl sites for hydroxylation is 1. The molecule has 1 N–H and O–H groups in total. The zero-order chi connectivity index (χ0) is 20.5. The molecule has 0 radical (unpaired) electrons. The number of nitrogens with one attached hydrogen (secondary N) is 1. The summed E-state index contributed by atoms with van der Waals surface area (Å²) < 4.78 is 43.1.